The van der Waals surface area contributed by atoms with Crippen molar-refractivity contribution in [3.63, 3.8) is 0 Å². The van der Waals surface area contributed by atoms with Crippen molar-refractivity contribution in [2.75, 3.05) is 39.4 Å². The fourth-order valence-electron chi connectivity index (χ4n) is 1.97. The van der Waals surface area contributed by atoms with E-state index >= 15 is 0 Å². The highest BCUT2D eigenvalue weighted by Gasteiger charge is 2.25. The smallest absolute Gasteiger partial charge is 0.248 e. The molecule has 1 fully saturated rings. The van der Waals surface area contributed by atoms with Gasteiger partial charge in [-0.3, -0.25) is 9.69 Å². The Morgan fingerprint density at radius 1 is 1.40 bits per heavy atom. The molecule has 4 heteroatoms. The van der Waals surface area contributed by atoms with Crippen LogP contribution in [0.1, 0.15) is 20.8 Å². The van der Waals surface area contributed by atoms with E-state index in [2.05, 4.69) is 18.7 Å². The third kappa shape index (κ3) is 3.47. The van der Waals surface area contributed by atoms with Crippen LogP contribution in [0.4, 0.5) is 0 Å². The second-order valence-corrected chi connectivity index (χ2v) is 3.95. The van der Waals surface area contributed by atoms with Gasteiger partial charge in [0, 0.05) is 32.3 Å². The average molecular weight is 214 g/mol. The van der Waals surface area contributed by atoms with Crippen molar-refractivity contribution < 1.29 is 9.53 Å². The summed E-state index contributed by atoms with van der Waals surface area (Å²) in [6, 6.07) is 0.467. The first-order chi connectivity index (χ1) is 7.19. The highest BCUT2D eigenvalue weighted by atomic mass is 16.5. The van der Waals surface area contributed by atoms with Gasteiger partial charge in [0.1, 0.15) is 6.61 Å². The molecule has 0 aromatic carbocycles. The van der Waals surface area contributed by atoms with E-state index in [9.17, 15) is 4.79 Å². The third-order valence-electron chi connectivity index (χ3n) is 2.95. The van der Waals surface area contributed by atoms with E-state index in [1.54, 1.807) is 0 Å². The Bertz CT molecular complexity index is 209. The average Bonchev–Trinajstić information content (AvgIpc) is 2.25. The highest BCUT2D eigenvalue weighted by Crippen LogP contribution is 2.08. The molecule has 1 amide bonds. The fourth-order valence-corrected chi connectivity index (χ4v) is 1.97. The molecular weight excluding hydrogens is 192 g/mol. The second-order valence-electron chi connectivity index (χ2n) is 3.95. The van der Waals surface area contributed by atoms with Crippen LogP contribution in [-0.2, 0) is 9.53 Å². The zero-order valence-electron chi connectivity index (χ0n) is 10.0. The standard InChI is InChI=1S/C11H22N2O2/c1-4-12-6-7-13(8-10(12)3)11(14)9-15-5-2/h10H,4-9H2,1-3H3. The maximum Gasteiger partial charge on any atom is 0.248 e. The molecule has 1 rings (SSSR count). The van der Waals surface area contributed by atoms with Gasteiger partial charge in [-0.25, -0.2) is 0 Å². The molecule has 0 bridgehead atoms. The summed E-state index contributed by atoms with van der Waals surface area (Å²) in [5.74, 6) is 0.124. The van der Waals surface area contributed by atoms with Crippen molar-refractivity contribution >= 4 is 5.91 Å². The van der Waals surface area contributed by atoms with Crippen molar-refractivity contribution in [1.82, 2.24) is 9.80 Å². The van der Waals surface area contributed by atoms with Crippen LogP contribution in [0.5, 0.6) is 0 Å². The van der Waals surface area contributed by atoms with E-state index in [1.807, 2.05) is 11.8 Å². The Morgan fingerprint density at radius 3 is 2.67 bits per heavy atom. The fraction of sp³-hybridized carbons (Fsp3) is 0.909. The van der Waals surface area contributed by atoms with Crippen LogP contribution in [0.15, 0.2) is 0 Å². The topological polar surface area (TPSA) is 32.8 Å². The van der Waals surface area contributed by atoms with Crippen LogP contribution < -0.4 is 0 Å². The molecule has 1 aliphatic rings. The minimum Gasteiger partial charge on any atom is -0.372 e. The molecule has 1 atom stereocenters. The predicted molar refractivity (Wildman–Crippen MR) is 59.8 cm³/mol. The van der Waals surface area contributed by atoms with Gasteiger partial charge in [0.2, 0.25) is 5.91 Å². The number of amides is 1. The number of hydrogen-bond donors (Lipinski definition) is 0. The number of carbonyl (C=O) groups excluding carboxylic acids is 1. The number of hydrogen-bond acceptors (Lipinski definition) is 3. The van der Waals surface area contributed by atoms with Gasteiger partial charge in [0.15, 0.2) is 0 Å². The van der Waals surface area contributed by atoms with Gasteiger partial charge in [-0.15, -0.1) is 0 Å². The van der Waals surface area contributed by atoms with Crippen molar-refractivity contribution in [3.05, 3.63) is 0 Å². The highest BCUT2D eigenvalue weighted by molar-refractivity contribution is 5.77. The lowest BCUT2D eigenvalue weighted by Gasteiger charge is -2.39. The van der Waals surface area contributed by atoms with Crippen LogP contribution >= 0.6 is 0 Å². The Morgan fingerprint density at radius 2 is 2.13 bits per heavy atom. The Hall–Kier alpha value is -0.610. The van der Waals surface area contributed by atoms with Crippen LogP contribution in [0.2, 0.25) is 0 Å². The van der Waals surface area contributed by atoms with Gasteiger partial charge in [0.05, 0.1) is 0 Å². The Balaban J connectivity index is 2.36. The summed E-state index contributed by atoms with van der Waals surface area (Å²) in [5.41, 5.74) is 0. The van der Waals surface area contributed by atoms with E-state index < -0.39 is 0 Å². The summed E-state index contributed by atoms with van der Waals surface area (Å²) in [6.45, 7) is 10.8. The van der Waals surface area contributed by atoms with Crippen molar-refractivity contribution in [3.8, 4) is 0 Å². The molecule has 0 radical (unpaired) electrons. The van der Waals surface area contributed by atoms with E-state index in [1.165, 1.54) is 0 Å². The molecule has 1 unspecified atom stereocenters. The third-order valence-corrected chi connectivity index (χ3v) is 2.95. The van der Waals surface area contributed by atoms with Gasteiger partial charge in [-0.2, -0.15) is 0 Å². The minimum absolute atomic E-state index is 0.124. The summed E-state index contributed by atoms with van der Waals surface area (Å²) < 4.78 is 5.13. The van der Waals surface area contributed by atoms with Gasteiger partial charge >= 0.3 is 0 Å². The summed E-state index contributed by atoms with van der Waals surface area (Å²) in [4.78, 5) is 16.0. The lowest BCUT2D eigenvalue weighted by molar-refractivity contribution is -0.138. The SMILES string of the molecule is CCOCC(=O)N1CCN(CC)C(C)C1. The van der Waals surface area contributed by atoms with Crippen molar-refractivity contribution in [2.24, 2.45) is 0 Å². The van der Waals surface area contributed by atoms with E-state index in [0.717, 1.165) is 26.2 Å². The Kier molecular flexibility index (Phi) is 5.05. The maximum atomic E-state index is 11.7. The van der Waals surface area contributed by atoms with Crippen LogP contribution in [-0.4, -0.2) is 61.1 Å². The minimum atomic E-state index is 0.124. The van der Waals surface area contributed by atoms with Gasteiger partial charge in [-0.1, -0.05) is 6.92 Å². The molecule has 0 aliphatic carbocycles. The summed E-state index contributed by atoms with van der Waals surface area (Å²) >= 11 is 0. The summed E-state index contributed by atoms with van der Waals surface area (Å²) in [7, 11) is 0. The first-order valence-corrected chi connectivity index (χ1v) is 5.78. The van der Waals surface area contributed by atoms with E-state index in [0.29, 0.717) is 12.6 Å². The van der Waals surface area contributed by atoms with Gasteiger partial charge in [0.25, 0.3) is 0 Å². The molecule has 0 spiro atoms. The van der Waals surface area contributed by atoms with Gasteiger partial charge < -0.3 is 9.64 Å². The monoisotopic (exact) mass is 214 g/mol. The van der Waals surface area contributed by atoms with Crippen LogP contribution in [0, 0.1) is 0 Å². The number of carbonyl (C=O) groups is 1. The zero-order chi connectivity index (χ0) is 11.3. The molecule has 1 saturated heterocycles. The summed E-state index contributed by atoms with van der Waals surface area (Å²) in [6.07, 6.45) is 0. The molecule has 0 saturated carbocycles. The molecule has 1 aliphatic heterocycles. The lowest BCUT2D eigenvalue weighted by atomic mass is 10.2. The molecule has 0 N–H and O–H groups in total. The molecule has 1 heterocycles. The first kappa shape index (κ1) is 12.5. The van der Waals surface area contributed by atoms with Crippen LogP contribution in [0.25, 0.3) is 0 Å². The second kappa shape index (κ2) is 6.08. The molecular formula is C11H22N2O2. The van der Waals surface area contributed by atoms with Crippen molar-refractivity contribution in [2.45, 2.75) is 26.8 Å². The lowest BCUT2D eigenvalue weighted by Crippen LogP contribution is -2.54. The van der Waals surface area contributed by atoms with Crippen molar-refractivity contribution in [1.29, 1.82) is 0 Å². The Labute approximate surface area is 92.2 Å². The number of piperazine rings is 1. The number of ether oxygens (including phenoxy) is 1. The molecule has 88 valence electrons. The van der Waals surface area contributed by atoms with E-state index in [4.69, 9.17) is 4.74 Å². The largest absolute Gasteiger partial charge is 0.372 e. The molecule has 0 aromatic heterocycles. The number of nitrogens with zero attached hydrogens (tertiary/aromatic N) is 2. The molecule has 0 aromatic rings. The molecule has 4 nitrogen and oxygen atoms in total. The first-order valence-electron chi connectivity index (χ1n) is 5.78. The van der Waals surface area contributed by atoms with E-state index in [-0.39, 0.29) is 12.5 Å². The predicted octanol–water partition coefficient (Wildman–Crippen LogP) is 0.575. The van der Waals surface area contributed by atoms with Crippen LogP contribution in [0.3, 0.4) is 0 Å². The molecule has 15 heavy (non-hydrogen) atoms. The quantitative estimate of drug-likeness (QED) is 0.686. The normalized spacial score (nSPS) is 23.1. The number of rotatable bonds is 4. The number of likely N-dealkylation sites (N-methyl/N-ethyl adjacent to an activating group) is 1. The zero-order valence-corrected chi connectivity index (χ0v) is 10.0. The summed E-state index contributed by atoms with van der Waals surface area (Å²) in [5, 5.41) is 0. The van der Waals surface area contributed by atoms with Gasteiger partial charge in [-0.05, 0) is 20.4 Å². The maximum absolute atomic E-state index is 11.7.